The molecule has 0 spiro atoms. The molecule has 0 aliphatic carbocycles. The number of halogens is 3. The van der Waals surface area contributed by atoms with Gasteiger partial charge < -0.3 is 0 Å². The Morgan fingerprint density at radius 2 is 1.76 bits per heavy atom. The second kappa shape index (κ2) is 8.57. The average Bonchev–Trinajstić information content (AvgIpc) is 2.71. The first-order valence-corrected chi connectivity index (χ1v) is 10.6. The van der Waals surface area contributed by atoms with Crippen molar-refractivity contribution in [2.45, 2.75) is 17.5 Å². The summed E-state index contributed by atoms with van der Waals surface area (Å²) in [5.74, 6) is 0.0806. The van der Waals surface area contributed by atoms with Crippen LogP contribution in [0.1, 0.15) is 11.1 Å². The Balaban J connectivity index is 1.74. The zero-order chi connectivity index (χ0) is 20.4. The Bertz CT molecular complexity index is 1240. The van der Waals surface area contributed by atoms with E-state index in [1.165, 1.54) is 23.9 Å². The average molecular weight is 445 g/mol. The molecule has 4 rings (SSSR count). The predicted octanol–water partition coefficient (Wildman–Crippen LogP) is 6.18. The molecule has 0 N–H and O–H groups in total. The standard InChI is InChI=1S/C22H15Cl2FN2OS/c23-16-8-5-14(6-9-16)12-27-21(28)18-3-1-2-4-20(18)26-22(27)29-13-15-7-10-17(25)11-19(15)24/h1-11H,12-13H2. The zero-order valence-corrected chi connectivity index (χ0v) is 17.4. The highest BCUT2D eigenvalue weighted by Crippen LogP contribution is 2.27. The molecule has 1 aromatic heterocycles. The lowest BCUT2D eigenvalue weighted by Crippen LogP contribution is -2.24. The van der Waals surface area contributed by atoms with Gasteiger partial charge in [-0.1, -0.05) is 65.3 Å². The lowest BCUT2D eigenvalue weighted by Gasteiger charge is -2.14. The maximum atomic E-state index is 13.3. The van der Waals surface area contributed by atoms with Gasteiger partial charge in [0.15, 0.2) is 5.16 Å². The molecule has 0 amide bonds. The van der Waals surface area contributed by atoms with Crippen LogP contribution in [0.3, 0.4) is 0 Å². The third kappa shape index (κ3) is 4.47. The van der Waals surface area contributed by atoms with Crippen LogP contribution in [0.5, 0.6) is 0 Å². The Labute approximate surface area is 181 Å². The highest BCUT2D eigenvalue weighted by molar-refractivity contribution is 7.98. The Morgan fingerprint density at radius 1 is 1.00 bits per heavy atom. The largest absolute Gasteiger partial charge is 0.283 e. The van der Waals surface area contributed by atoms with Crippen molar-refractivity contribution in [3.8, 4) is 0 Å². The molecule has 0 atom stereocenters. The van der Waals surface area contributed by atoms with E-state index in [9.17, 15) is 9.18 Å². The van der Waals surface area contributed by atoms with Crippen LogP contribution in [0.2, 0.25) is 10.0 Å². The first-order chi connectivity index (χ1) is 14.0. The van der Waals surface area contributed by atoms with Gasteiger partial charge in [0.05, 0.1) is 17.4 Å². The quantitative estimate of drug-likeness (QED) is 0.272. The third-order valence-electron chi connectivity index (χ3n) is 4.45. The minimum absolute atomic E-state index is 0.113. The molecule has 0 fully saturated rings. The molecular formula is C22H15Cl2FN2OS. The van der Waals surface area contributed by atoms with Gasteiger partial charge in [-0.25, -0.2) is 9.37 Å². The summed E-state index contributed by atoms with van der Waals surface area (Å²) in [5, 5.41) is 2.12. The van der Waals surface area contributed by atoms with E-state index in [0.717, 1.165) is 11.1 Å². The van der Waals surface area contributed by atoms with Crippen LogP contribution in [0.4, 0.5) is 4.39 Å². The van der Waals surface area contributed by atoms with Crippen LogP contribution in [-0.2, 0) is 12.3 Å². The van der Waals surface area contributed by atoms with Crippen LogP contribution < -0.4 is 5.56 Å². The van der Waals surface area contributed by atoms with E-state index in [0.29, 0.717) is 38.4 Å². The van der Waals surface area contributed by atoms with Crippen molar-refractivity contribution >= 4 is 45.9 Å². The Hall–Kier alpha value is -2.34. The topological polar surface area (TPSA) is 34.9 Å². The van der Waals surface area contributed by atoms with E-state index in [1.54, 1.807) is 28.8 Å². The molecule has 0 saturated heterocycles. The number of rotatable bonds is 5. The molecule has 0 aliphatic heterocycles. The number of hydrogen-bond acceptors (Lipinski definition) is 3. The number of benzene rings is 3. The van der Waals surface area contributed by atoms with Gasteiger partial charge in [-0.2, -0.15) is 0 Å². The summed E-state index contributed by atoms with van der Waals surface area (Å²) in [6, 6.07) is 18.9. The van der Waals surface area contributed by atoms with Crippen LogP contribution in [0.25, 0.3) is 10.9 Å². The summed E-state index contributed by atoms with van der Waals surface area (Å²) >= 11 is 13.5. The monoisotopic (exact) mass is 444 g/mol. The second-order valence-corrected chi connectivity index (χ2v) is 8.24. The highest BCUT2D eigenvalue weighted by Gasteiger charge is 2.13. The summed E-state index contributed by atoms with van der Waals surface area (Å²) in [7, 11) is 0. The maximum Gasteiger partial charge on any atom is 0.262 e. The highest BCUT2D eigenvalue weighted by atomic mass is 35.5. The van der Waals surface area contributed by atoms with Gasteiger partial charge in [0, 0.05) is 15.8 Å². The van der Waals surface area contributed by atoms with Crippen molar-refractivity contribution in [1.29, 1.82) is 0 Å². The van der Waals surface area contributed by atoms with E-state index in [4.69, 9.17) is 28.2 Å². The van der Waals surface area contributed by atoms with Gasteiger partial charge in [-0.3, -0.25) is 9.36 Å². The summed E-state index contributed by atoms with van der Waals surface area (Å²) < 4.78 is 15.0. The molecule has 0 bridgehead atoms. The summed E-state index contributed by atoms with van der Waals surface area (Å²) in [6.07, 6.45) is 0. The molecule has 0 radical (unpaired) electrons. The summed E-state index contributed by atoms with van der Waals surface area (Å²) in [6.45, 7) is 0.368. The molecule has 0 aliphatic rings. The normalized spacial score (nSPS) is 11.1. The zero-order valence-electron chi connectivity index (χ0n) is 15.1. The van der Waals surface area contributed by atoms with Crippen molar-refractivity contribution in [2.75, 3.05) is 0 Å². The lowest BCUT2D eigenvalue weighted by atomic mass is 10.2. The molecule has 0 unspecified atom stereocenters. The van der Waals surface area contributed by atoms with Gasteiger partial charge >= 0.3 is 0 Å². The van der Waals surface area contributed by atoms with Gasteiger partial charge in [0.2, 0.25) is 0 Å². The molecule has 7 heteroatoms. The van der Waals surface area contributed by atoms with E-state index < -0.39 is 0 Å². The minimum atomic E-state index is -0.382. The van der Waals surface area contributed by atoms with Crippen molar-refractivity contribution < 1.29 is 4.39 Å². The molecule has 4 aromatic rings. The first kappa shape index (κ1) is 20.0. The van der Waals surface area contributed by atoms with Crippen molar-refractivity contribution in [1.82, 2.24) is 9.55 Å². The van der Waals surface area contributed by atoms with E-state index in [-0.39, 0.29) is 11.4 Å². The number of fused-ring (bicyclic) bond motifs is 1. The number of nitrogens with zero attached hydrogens (tertiary/aromatic N) is 2. The Kier molecular flexibility index (Phi) is 5.90. The molecule has 0 saturated carbocycles. The second-order valence-electron chi connectivity index (χ2n) is 6.45. The lowest BCUT2D eigenvalue weighted by molar-refractivity contribution is 0.627. The molecule has 3 nitrogen and oxygen atoms in total. The van der Waals surface area contributed by atoms with Crippen molar-refractivity contribution in [3.05, 3.63) is 104 Å². The first-order valence-electron chi connectivity index (χ1n) is 8.82. The fraction of sp³-hybridized carbons (Fsp3) is 0.0909. The van der Waals surface area contributed by atoms with Gasteiger partial charge in [-0.05, 0) is 47.5 Å². The molecule has 146 valence electrons. The van der Waals surface area contributed by atoms with E-state index in [2.05, 4.69) is 0 Å². The number of para-hydroxylation sites is 1. The third-order valence-corrected chi connectivity index (χ3v) is 6.08. The van der Waals surface area contributed by atoms with Crippen LogP contribution in [-0.4, -0.2) is 9.55 Å². The Morgan fingerprint density at radius 3 is 2.52 bits per heavy atom. The fourth-order valence-electron chi connectivity index (χ4n) is 2.95. The molecular weight excluding hydrogens is 430 g/mol. The van der Waals surface area contributed by atoms with Crippen molar-refractivity contribution in [3.63, 3.8) is 0 Å². The molecule has 3 aromatic carbocycles. The van der Waals surface area contributed by atoms with Crippen LogP contribution >= 0.6 is 35.0 Å². The summed E-state index contributed by atoms with van der Waals surface area (Å²) in [4.78, 5) is 17.8. The van der Waals surface area contributed by atoms with E-state index >= 15 is 0 Å². The SMILES string of the molecule is O=c1c2ccccc2nc(SCc2ccc(F)cc2Cl)n1Cc1ccc(Cl)cc1. The number of thioether (sulfide) groups is 1. The van der Waals surface area contributed by atoms with Gasteiger partial charge in [0.1, 0.15) is 5.82 Å². The smallest absolute Gasteiger partial charge is 0.262 e. The van der Waals surface area contributed by atoms with Gasteiger partial charge in [-0.15, -0.1) is 0 Å². The fourth-order valence-corrected chi connectivity index (χ4v) is 4.39. The summed E-state index contributed by atoms with van der Waals surface area (Å²) in [5.41, 5.74) is 2.24. The van der Waals surface area contributed by atoms with Crippen molar-refractivity contribution in [2.24, 2.45) is 0 Å². The van der Waals surface area contributed by atoms with Crippen LogP contribution in [0.15, 0.2) is 76.7 Å². The maximum absolute atomic E-state index is 13.3. The number of hydrogen-bond donors (Lipinski definition) is 0. The molecule has 1 heterocycles. The molecule has 29 heavy (non-hydrogen) atoms. The van der Waals surface area contributed by atoms with E-state index in [1.807, 2.05) is 30.3 Å². The minimum Gasteiger partial charge on any atom is -0.283 e. The predicted molar refractivity (Wildman–Crippen MR) is 118 cm³/mol. The number of aromatic nitrogens is 2. The van der Waals surface area contributed by atoms with Crippen LogP contribution in [0, 0.1) is 5.82 Å². The van der Waals surface area contributed by atoms with Gasteiger partial charge in [0.25, 0.3) is 5.56 Å².